The number of halogens is 1. The van der Waals surface area contributed by atoms with Gasteiger partial charge < -0.3 is 26.0 Å². The van der Waals surface area contributed by atoms with Crippen LogP contribution in [-0.4, -0.2) is 48.1 Å². The molecule has 2 aliphatic rings. The van der Waals surface area contributed by atoms with Crippen molar-refractivity contribution >= 4 is 46.7 Å². The number of nitrogens with one attached hydrogen (secondary N) is 2. The molecule has 1 atom stereocenters. The van der Waals surface area contributed by atoms with Crippen LogP contribution < -0.4 is 21.3 Å². The standard InChI is InChI=1S/C18H19ClN6O3/c19-10-1-3-11(4-2-10)21-17(27)12-9-13(26)22-16-14(12)15(20)23-18(24-16)25-5-7-28-8-6-25/h1-4,12H,5-9H2,(H,21,27)(H3,20,22,23,24,26)/t12-/m1/s1. The molecule has 146 valence electrons. The van der Waals surface area contributed by atoms with Crippen LogP contribution in [0.1, 0.15) is 17.9 Å². The molecule has 2 aromatic rings. The predicted molar refractivity (Wildman–Crippen MR) is 106 cm³/mol. The lowest BCUT2D eigenvalue weighted by atomic mass is 9.92. The number of amides is 2. The molecule has 0 bridgehead atoms. The third kappa shape index (κ3) is 3.71. The third-order valence-corrected chi connectivity index (χ3v) is 4.93. The lowest BCUT2D eigenvalue weighted by molar-refractivity contribution is -0.123. The average Bonchev–Trinajstić information content (AvgIpc) is 2.69. The number of nitrogens with two attached hydrogens (primary N) is 1. The van der Waals surface area contributed by atoms with Crippen molar-refractivity contribution < 1.29 is 14.3 Å². The van der Waals surface area contributed by atoms with Gasteiger partial charge in [-0.25, -0.2) is 0 Å². The first-order valence-electron chi connectivity index (χ1n) is 8.87. The van der Waals surface area contributed by atoms with Gasteiger partial charge in [0, 0.05) is 30.2 Å². The van der Waals surface area contributed by atoms with Crippen molar-refractivity contribution in [1.82, 2.24) is 9.97 Å². The second-order valence-corrected chi connectivity index (χ2v) is 7.01. The van der Waals surface area contributed by atoms with E-state index < -0.39 is 5.92 Å². The minimum absolute atomic E-state index is 0.0309. The summed E-state index contributed by atoms with van der Waals surface area (Å²) in [6.45, 7) is 2.40. The minimum atomic E-state index is -0.779. The van der Waals surface area contributed by atoms with Gasteiger partial charge in [-0.3, -0.25) is 9.59 Å². The van der Waals surface area contributed by atoms with Crippen molar-refractivity contribution in [1.29, 1.82) is 0 Å². The zero-order valence-corrected chi connectivity index (χ0v) is 15.7. The Balaban J connectivity index is 1.63. The molecule has 1 aromatic carbocycles. The Kier molecular flexibility index (Phi) is 5.01. The second kappa shape index (κ2) is 7.61. The van der Waals surface area contributed by atoms with E-state index in [1.807, 2.05) is 4.90 Å². The first-order valence-corrected chi connectivity index (χ1v) is 9.25. The van der Waals surface area contributed by atoms with Crippen LogP contribution in [0.3, 0.4) is 0 Å². The average molecular weight is 403 g/mol. The van der Waals surface area contributed by atoms with E-state index in [1.54, 1.807) is 24.3 Å². The lowest BCUT2D eigenvalue weighted by Crippen LogP contribution is -2.38. The first kappa shape index (κ1) is 18.5. The number of hydrogen-bond acceptors (Lipinski definition) is 7. The van der Waals surface area contributed by atoms with E-state index in [4.69, 9.17) is 22.1 Å². The molecule has 1 saturated heterocycles. The van der Waals surface area contributed by atoms with Crippen molar-refractivity contribution in [2.75, 3.05) is 47.6 Å². The third-order valence-electron chi connectivity index (χ3n) is 4.68. The molecule has 9 nitrogen and oxygen atoms in total. The van der Waals surface area contributed by atoms with E-state index in [2.05, 4.69) is 20.6 Å². The summed E-state index contributed by atoms with van der Waals surface area (Å²) in [5, 5.41) is 6.06. The molecular formula is C18H19ClN6O3. The fourth-order valence-corrected chi connectivity index (χ4v) is 3.40. The van der Waals surface area contributed by atoms with Crippen LogP contribution in [0.5, 0.6) is 0 Å². The summed E-state index contributed by atoms with van der Waals surface area (Å²) in [7, 11) is 0. The minimum Gasteiger partial charge on any atom is -0.383 e. The molecule has 0 spiro atoms. The van der Waals surface area contributed by atoms with Gasteiger partial charge in [0.05, 0.1) is 24.7 Å². The van der Waals surface area contributed by atoms with Gasteiger partial charge in [0.25, 0.3) is 0 Å². The SMILES string of the molecule is Nc1nc(N2CCOCC2)nc2c1[C@H](C(=O)Nc1ccc(Cl)cc1)CC(=O)N2. The van der Waals surface area contributed by atoms with Gasteiger partial charge in [0.2, 0.25) is 17.8 Å². The summed E-state index contributed by atoms with van der Waals surface area (Å²) in [6, 6.07) is 6.71. The maximum absolute atomic E-state index is 12.8. The molecule has 28 heavy (non-hydrogen) atoms. The highest BCUT2D eigenvalue weighted by Gasteiger charge is 2.35. The van der Waals surface area contributed by atoms with Gasteiger partial charge in [-0.05, 0) is 24.3 Å². The molecule has 2 aliphatic heterocycles. The fraction of sp³-hybridized carbons (Fsp3) is 0.333. The van der Waals surface area contributed by atoms with Crippen LogP contribution >= 0.6 is 11.6 Å². The number of benzene rings is 1. The number of ether oxygens (including phenoxy) is 1. The number of carbonyl (C=O) groups is 2. The number of morpholine rings is 1. The number of anilines is 4. The van der Waals surface area contributed by atoms with E-state index >= 15 is 0 Å². The van der Waals surface area contributed by atoms with Gasteiger partial charge >= 0.3 is 0 Å². The van der Waals surface area contributed by atoms with E-state index in [-0.39, 0.29) is 29.9 Å². The Morgan fingerprint density at radius 2 is 1.96 bits per heavy atom. The number of rotatable bonds is 3. The van der Waals surface area contributed by atoms with Gasteiger partial charge in [0.1, 0.15) is 11.6 Å². The number of hydrogen-bond donors (Lipinski definition) is 3. The van der Waals surface area contributed by atoms with Crippen LogP contribution in [-0.2, 0) is 14.3 Å². The summed E-state index contributed by atoms with van der Waals surface area (Å²) in [5.74, 6) is -0.552. The molecule has 1 fully saturated rings. The Morgan fingerprint density at radius 1 is 1.25 bits per heavy atom. The molecule has 0 radical (unpaired) electrons. The van der Waals surface area contributed by atoms with E-state index in [1.165, 1.54) is 0 Å². The first-order chi connectivity index (χ1) is 13.5. The number of fused-ring (bicyclic) bond motifs is 1. The Bertz CT molecular complexity index is 914. The van der Waals surface area contributed by atoms with Crippen molar-refractivity contribution in [2.24, 2.45) is 0 Å². The lowest BCUT2D eigenvalue weighted by Gasteiger charge is -2.30. The molecule has 3 heterocycles. The van der Waals surface area contributed by atoms with E-state index in [9.17, 15) is 9.59 Å². The zero-order valence-electron chi connectivity index (χ0n) is 14.9. The van der Waals surface area contributed by atoms with E-state index in [0.717, 1.165) is 0 Å². The van der Waals surface area contributed by atoms with Crippen LogP contribution in [0.25, 0.3) is 0 Å². The molecule has 10 heteroatoms. The molecule has 0 aliphatic carbocycles. The summed E-state index contributed by atoms with van der Waals surface area (Å²) in [6.07, 6.45) is -0.0309. The summed E-state index contributed by atoms with van der Waals surface area (Å²) < 4.78 is 5.33. The molecule has 0 unspecified atom stereocenters. The maximum Gasteiger partial charge on any atom is 0.232 e. The van der Waals surface area contributed by atoms with Crippen molar-refractivity contribution in [2.45, 2.75) is 12.3 Å². The van der Waals surface area contributed by atoms with Crippen molar-refractivity contribution in [3.05, 3.63) is 34.9 Å². The van der Waals surface area contributed by atoms with Crippen LogP contribution in [0.15, 0.2) is 24.3 Å². The summed E-state index contributed by atoms with van der Waals surface area (Å²) in [5.41, 5.74) is 7.19. The molecule has 4 N–H and O–H groups in total. The molecule has 1 aromatic heterocycles. The van der Waals surface area contributed by atoms with E-state index in [0.29, 0.717) is 48.5 Å². The zero-order chi connectivity index (χ0) is 19.7. The van der Waals surface area contributed by atoms with Crippen LogP contribution in [0.4, 0.5) is 23.3 Å². The van der Waals surface area contributed by atoms with Crippen LogP contribution in [0, 0.1) is 0 Å². The maximum atomic E-state index is 12.8. The number of nitrogen functional groups attached to an aromatic ring is 1. The van der Waals surface area contributed by atoms with Gasteiger partial charge in [0.15, 0.2) is 0 Å². The topological polar surface area (TPSA) is 122 Å². The van der Waals surface area contributed by atoms with Crippen molar-refractivity contribution in [3.8, 4) is 0 Å². The number of carbonyl (C=O) groups excluding carboxylic acids is 2. The Morgan fingerprint density at radius 3 is 2.68 bits per heavy atom. The summed E-state index contributed by atoms with van der Waals surface area (Å²) >= 11 is 5.87. The van der Waals surface area contributed by atoms with Crippen LogP contribution in [0.2, 0.25) is 5.02 Å². The van der Waals surface area contributed by atoms with Gasteiger partial charge in [-0.15, -0.1) is 0 Å². The Hall–Kier alpha value is -2.91. The second-order valence-electron chi connectivity index (χ2n) is 6.57. The highest BCUT2D eigenvalue weighted by atomic mass is 35.5. The largest absolute Gasteiger partial charge is 0.383 e. The molecule has 0 saturated carbocycles. The quantitative estimate of drug-likeness (QED) is 0.712. The van der Waals surface area contributed by atoms with Gasteiger partial charge in [-0.1, -0.05) is 11.6 Å². The summed E-state index contributed by atoms with van der Waals surface area (Å²) in [4.78, 5) is 35.8. The molecular weight excluding hydrogens is 384 g/mol. The normalized spacial score (nSPS) is 19.0. The Labute approximate surface area is 166 Å². The number of aromatic nitrogens is 2. The highest BCUT2D eigenvalue weighted by Crippen LogP contribution is 2.36. The van der Waals surface area contributed by atoms with Crippen molar-refractivity contribution in [3.63, 3.8) is 0 Å². The smallest absolute Gasteiger partial charge is 0.232 e. The fourth-order valence-electron chi connectivity index (χ4n) is 3.28. The van der Waals surface area contributed by atoms with Gasteiger partial charge in [-0.2, -0.15) is 9.97 Å². The highest BCUT2D eigenvalue weighted by molar-refractivity contribution is 6.30. The predicted octanol–water partition coefficient (Wildman–Crippen LogP) is 1.61. The number of nitrogens with zero attached hydrogens (tertiary/aromatic N) is 3. The molecule has 4 rings (SSSR count). The molecule has 2 amide bonds. The monoisotopic (exact) mass is 402 g/mol.